The smallest absolute Gasteiger partial charge is 0.310 e. The minimum atomic E-state index is -0.323. The number of carbonyl (C=O) groups excluding carboxylic acids is 1. The van der Waals surface area contributed by atoms with E-state index in [-0.39, 0.29) is 31.0 Å². The van der Waals surface area contributed by atoms with Gasteiger partial charge in [-0.1, -0.05) is 39.8 Å². The Balaban J connectivity index is 3.14. The Hall–Kier alpha value is -1.55. The molecule has 0 spiro atoms. The third-order valence-corrected chi connectivity index (χ3v) is 3.32. The Bertz CT molecular complexity index is 486. The van der Waals surface area contributed by atoms with Gasteiger partial charge in [0.05, 0.1) is 20.1 Å². The topological polar surface area (TPSA) is 55.8 Å². The van der Waals surface area contributed by atoms with Crippen LogP contribution >= 0.6 is 0 Å². The van der Waals surface area contributed by atoms with E-state index < -0.39 is 0 Å². The van der Waals surface area contributed by atoms with E-state index in [2.05, 4.69) is 27.7 Å². The number of benzene rings is 1. The maximum absolute atomic E-state index is 11.7. The molecule has 0 aromatic heterocycles. The summed E-state index contributed by atoms with van der Waals surface area (Å²) >= 11 is 0. The van der Waals surface area contributed by atoms with E-state index in [9.17, 15) is 4.79 Å². The van der Waals surface area contributed by atoms with Crippen molar-refractivity contribution in [1.29, 1.82) is 0 Å². The van der Waals surface area contributed by atoms with Gasteiger partial charge in [-0.2, -0.15) is 0 Å². The second-order valence-corrected chi connectivity index (χ2v) is 6.06. The zero-order valence-electron chi connectivity index (χ0n) is 13.7. The van der Waals surface area contributed by atoms with Crippen molar-refractivity contribution in [3.05, 3.63) is 28.8 Å². The van der Waals surface area contributed by atoms with Crippen molar-refractivity contribution in [1.82, 2.24) is 0 Å². The number of aliphatic hydroxyl groups is 1. The van der Waals surface area contributed by atoms with Crippen LogP contribution < -0.4 is 4.74 Å². The van der Waals surface area contributed by atoms with Crippen molar-refractivity contribution >= 4 is 5.97 Å². The monoisotopic (exact) mass is 294 g/mol. The van der Waals surface area contributed by atoms with Gasteiger partial charge in [-0.05, 0) is 23.0 Å². The Morgan fingerprint density at radius 2 is 1.95 bits per heavy atom. The lowest BCUT2D eigenvalue weighted by atomic mass is 9.83. The molecular weight excluding hydrogens is 268 g/mol. The standard InChI is InChI=1S/C17H26O4/c1-6-13-9-12(11-15(19)21-8-7-18)10-14(16(13)20-5)17(2,3)4/h9-10,18H,6-8,11H2,1-5H3. The van der Waals surface area contributed by atoms with Crippen LogP contribution in [0.3, 0.4) is 0 Å². The van der Waals surface area contributed by atoms with Crippen LogP contribution in [-0.4, -0.2) is 31.4 Å². The molecule has 0 bridgehead atoms. The summed E-state index contributed by atoms with van der Waals surface area (Å²) in [6, 6.07) is 4.01. The van der Waals surface area contributed by atoms with Crippen molar-refractivity contribution in [3.63, 3.8) is 0 Å². The summed E-state index contributed by atoms with van der Waals surface area (Å²) in [4.78, 5) is 11.7. The van der Waals surface area contributed by atoms with Crippen molar-refractivity contribution in [2.24, 2.45) is 0 Å². The van der Waals surface area contributed by atoms with E-state index in [0.717, 1.165) is 28.9 Å². The first-order chi connectivity index (χ1) is 9.83. The molecule has 0 saturated carbocycles. The molecule has 0 radical (unpaired) electrons. The molecule has 1 N–H and O–H groups in total. The largest absolute Gasteiger partial charge is 0.496 e. The Morgan fingerprint density at radius 1 is 1.29 bits per heavy atom. The Kier molecular flexibility index (Phi) is 6.21. The highest BCUT2D eigenvalue weighted by atomic mass is 16.5. The molecule has 0 fully saturated rings. The van der Waals surface area contributed by atoms with E-state index in [1.54, 1.807) is 7.11 Å². The van der Waals surface area contributed by atoms with Crippen molar-refractivity contribution < 1.29 is 19.4 Å². The molecule has 0 aliphatic carbocycles. The highest BCUT2D eigenvalue weighted by Crippen LogP contribution is 2.35. The van der Waals surface area contributed by atoms with Gasteiger partial charge in [-0.15, -0.1) is 0 Å². The van der Waals surface area contributed by atoms with Crippen LogP contribution in [-0.2, 0) is 27.8 Å². The van der Waals surface area contributed by atoms with Crippen LogP contribution in [0.4, 0.5) is 0 Å². The number of esters is 1. The van der Waals surface area contributed by atoms with Crippen molar-refractivity contribution in [2.45, 2.75) is 46.0 Å². The number of aliphatic hydroxyl groups excluding tert-OH is 1. The van der Waals surface area contributed by atoms with Gasteiger partial charge in [0.1, 0.15) is 12.4 Å². The fraction of sp³-hybridized carbons (Fsp3) is 0.588. The van der Waals surface area contributed by atoms with Crippen LogP contribution in [0.5, 0.6) is 5.75 Å². The number of hydrogen-bond acceptors (Lipinski definition) is 4. The summed E-state index contributed by atoms with van der Waals surface area (Å²) in [6.45, 7) is 8.33. The minimum Gasteiger partial charge on any atom is -0.496 e. The molecule has 0 heterocycles. The predicted molar refractivity (Wildman–Crippen MR) is 82.8 cm³/mol. The lowest BCUT2D eigenvalue weighted by Gasteiger charge is -2.25. The summed E-state index contributed by atoms with van der Waals surface area (Å²) in [5.41, 5.74) is 3.03. The lowest BCUT2D eigenvalue weighted by molar-refractivity contribution is -0.143. The second kappa shape index (κ2) is 7.46. The van der Waals surface area contributed by atoms with Gasteiger partial charge in [0.25, 0.3) is 0 Å². The number of ether oxygens (including phenoxy) is 2. The number of hydrogen-bond donors (Lipinski definition) is 1. The van der Waals surface area contributed by atoms with E-state index in [1.807, 2.05) is 12.1 Å². The van der Waals surface area contributed by atoms with Crippen LogP contribution in [0.1, 0.15) is 44.4 Å². The second-order valence-electron chi connectivity index (χ2n) is 6.06. The molecule has 4 heteroatoms. The van der Waals surface area contributed by atoms with E-state index in [0.29, 0.717) is 0 Å². The minimum absolute atomic E-state index is 0.0434. The average molecular weight is 294 g/mol. The normalized spacial score (nSPS) is 11.3. The SMILES string of the molecule is CCc1cc(CC(=O)OCCO)cc(C(C)(C)C)c1OC. The molecule has 1 aromatic carbocycles. The summed E-state index contributed by atoms with van der Waals surface area (Å²) in [6.07, 6.45) is 1.05. The molecule has 0 atom stereocenters. The molecule has 1 aromatic rings. The third-order valence-electron chi connectivity index (χ3n) is 3.32. The molecule has 4 nitrogen and oxygen atoms in total. The number of methoxy groups -OCH3 is 1. The summed E-state index contributed by atoms with van der Waals surface area (Å²) in [7, 11) is 1.68. The maximum atomic E-state index is 11.7. The van der Waals surface area contributed by atoms with Crippen molar-refractivity contribution in [3.8, 4) is 5.75 Å². The molecule has 0 amide bonds. The predicted octanol–water partition coefficient (Wildman–Crippen LogP) is 2.63. The van der Waals surface area contributed by atoms with Gasteiger partial charge in [0, 0.05) is 5.56 Å². The molecule has 0 aliphatic rings. The van der Waals surface area contributed by atoms with Crippen LogP contribution in [0, 0.1) is 0 Å². The lowest BCUT2D eigenvalue weighted by Crippen LogP contribution is -2.16. The first-order valence-corrected chi connectivity index (χ1v) is 7.30. The van der Waals surface area contributed by atoms with Crippen LogP contribution in [0.15, 0.2) is 12.1 Å². The summed E-state index contributed by atoms with van der Waals surface area (Å²) < 4.78 is 10.5. The zero-order valence-corrected chi connectivity index (χ0v) is 13.7. The van der Waals surface area contributed by atoms with Crippen LogP contribution in [0.25, 0.3) is 0 Å². The molecule has 0 aliphatic heterocycles. The molecule has 21 heavy (non-hydrogen) atoms. The number of aryl methyl sites for hydroxylation is 1. The zero-order chi connectivity index (χ0) is 16.0. The summed E-state index contributed by atoms with van der Waals surface area (Å²) in [5.74, 6) is 0.577. The van der Waals surface area contributed by atoms with Gasteiger partial charge in [0.15, 0.2) is 0 Å². The van der Waals surface area contributed by atoms with E-state index in [1.165, 1.54) is 0 Å². The van der Waals surface area contributed by atoms with Crippen molar-refractivity contribution in [2.75, 3.05) is 20.3 Å². The molecule has 118 valence electrons. The fourth-order valence-electron chi connectivity index (χ4n) is 2.29. The summed E-state index contributed by atoms with van der Waals surface area (Å²) in [5, 5.41) is 8.69. The quantitative estimate of drug-likeness (QED) is 0.819. The fourth-order valence-corrected chi connectivity index (χ4v) is 2.29. The molecule has 0 saturated heterocycles. The Labute approximate surface area is 127 Å². The highest BCUT2D eigenvalue weighted by molar-refractivity contribution is 5.73. The highest BCUT2D eigenvalue weighted by Gasteiger charge is 2.22. The van der Waals surface area contributed by atoms with Gasteiger partial charge in [-0.3, -0.25) is 4.79 Å². The maximum Gasteiger partial charge on any atom is 0.310 e. The number of rotatable bonds is 6. The van der Waals surface area contributed by atoms with E-state index >= 15 is 0 Å². The number of carbonyl (C=O) groups is 1. The first-order valence-electron chi connectivity index (χ1n) is 7.30. The Morgan fingerprint density at radius 3 is 2.43 bits per heavy atom. The van der Waals surface area contributed by atoms with Crippen LogP contribution in [0.2, 0.25) is 0 Å². The molecular formula is C17H26O4. The average Bonchev–Trinajstić information content (AvgIpc) is 2.43. The first kappa shape index (κ1) is 17.5. The van der Waals surface area contributed by atoms with Gasteiger partial charge < -0.3 is 14.6 Å². The van der Waals surface area contributed by atoms with Gasteiger partial charge >= 0.3 is 5.97 Å². The molecule has 0 unspecified atom stereocenters. The third kappa shape index (κ3) is 4.74. The van der Waals surface area contributed by atoms with Gasteiger partial charge in [0.2, 0.25) is 0 Å². The van der Waals surface area contributed by atoms with E-state index in [4.69, 9.17) is 14.6 Å². The van der Waals surface area contributed by atoms with Gasteiger partial charge in [-0.25, -0.2) is 0 Å². The molecule has 1 rings (SSSR count).